The number of hydrogen-bond donors (Lipinski definition) is 0. The molecule has 10 nitrogen and oxygen atoms in total. The minimum absolute atomic E-state index is 0.0655. The second kappa shape index (κ2) is 38.7. The van der Waals surface area contributed by atoms with E-state index in [1.807, 2.05) is 108 Å². The predicted octanol–water partition coefficient (Wildman–Crippen LogP) is 31.3. The van der Waals surface area contributed by atoms with Gasteiger partial charge in [0.15, 0.2) is 11.6 Å². The number of allylic oxidation sites excluding steroid dienone is 6. The van der Waals surface area contributed by atoms with Crippen LogP contribution in [0.25, 0.3) is 127 Å². The summed E-state index contributed by atoms with van der Waals surface area (Å²) in [5.41, 5.74) is 13.1. The second-order valence-corrected chi connectivity index (χ2v) is 36.8. The van der Waals surface area contributed by atoms with Crippen LogP contribution in [0.5, 0.6) is 0 Å². The molecule has 588 valence electrons. The van der Waals surface area contributed by atoms with Crippen molar-refractivity contribution in [1.29, 1.82) is 10.5 Å². The third-order valence-electron chi connectivity index (χ3n) is 24.9. The van der Waals surface area contributed by atoms with Gasteiger partial charge in [0, 0.05) is 79.4 Å². The third-order valence-corrected chi connectivity index (χ3v) is 30.0. The summed E-state index contributed by atoms with van der Waals surface area (Å²) >= 11 is 7.39. The molecule has 0 saturated heterocycles. The van der Waals surface area contributed by atoms with Gasteiger partial charge in [-0.05, 0) is 137 Å². The largest absolute Gasteiger partial charge is 0.337 e. The number of rotatable bonds is 42. The number of thiophene rings is 4. The fourth-order valence-corrected chi connectivity index (χ4v) is 24.6. The first-order chi connectivity index (χ1) is 56.1. The Morgan fingerprint density at radius 2 is 0.763 bits per heavy atom. The number of hydrogen-bond acceptors (Lipinski definition) is 10. The first-order valence-corrected chi connectivity index (χ1v) is 47.0. The number of Topliss-reactive ketones (excluding diaryl/α,β-unsaturated/α-hetero) is 2. The van der Waals surface area contributed by atoms with E-state index in [1.54, 1.807) is 22.7 Å². The molecule has 0 bridgehead atoms. The van der Waals surface area contributed by atoms with Crippen molar-refractivity contribution in [2.24, 2.45) is 11.8 Å². The van der Waals surface area contributed by atoms with E-state index in [9.17, 15) is 10.5 Å². The highest BCUT2D eigenvalue weighted by molar-refractivity contribution is 7.34. The summed E-state index contributed by atoms with van der Waals surface area (Å²) in [6.07, 6.45) is 50.2. The number of nitrogens with zero attached hydrogens (tertiary/aromatic N) is 8. The highest BCUT2D eigenvalue weighted by Gasteiger charge is 2.38. The lowest BCUT2D eigenvalue weighted by atomic mass is 9.94. The number of fused-ring (bicyclic) bond motifs is 18. The van der Waals surface area contributed by atoms with Crippen LogP contribution in [-0.2, 0) is 25.9 Å². The topological polar surface area (TPSA) is 126 Å². The number of aromatic nitrogens is 4. The van der Waals surface area contributed by atoms with Gasteiger partial charge in [0.05, 0.1) is 75.5 Å². The Bertz CT molecular complexity index is 5850. The molecule has 0 aliphatic heterocycles. The van der Waals surface area contributed by atoms with E-state index >= 15 is 9.59 Å². The first kappa shape index (κ1) is 81.7. The number of unbranched alkanes of at least 4 members (excludes halogenated alkanes) is 25. The quantitative estimate of drug-likeness (QED) is 0.0162. The second-order valence-electron chi connectivity index (χ2n) is 32.7. The van der Waals surface area contributed by atoms with E-state index in [1.165, 1.54) is 215 Å². The molecule has 114 heavy (non-hydrogen) atoms. The Kier molecular flexibility index (Phi) is 27.8. The molecule has 14 heteroatoms. The van der Waals surface area contributed by atoms with E-state index in [-0.39, 0.29) is 23.0 Å². The molecule has 2 aliphatic rings. The Hall–Kier alpha value is -8.86. The van der Waals surface area contributed by atoms with Gasteiger partial charge in [-0.1, -0.05) is 276 Å². The highest BCUT2D eigenvalue weighted by atomic mass is 32.1. The van der Waals surface area contributed by atoms with Gasteiger partial charge >= 0.3 is 0 Å². The minimum atomic E-state index is -0.150. The molecule has 2 aliphatic carbocycles. The summed E-state index contributed by atoms with van der Waals surface area (Å²) in [6.45, 7) is 32.4. The Morgan fingerprint density at radius 1 is 0.421 bits per heavy atom. The average Bonchev–Trinajstić information content (AvgIpc) is 1.50. The molecule has 0 radical (unpaired) electrons. The van der Waals surface area contributed by atoms with Gasteiger partial charge in [0.25, 0.3) is 11.4 Å². The van der Waals surface area contributed by atoms with Crippen LogP contribution in [0.3, 0.4) is 0 Å². The Morgan fingerprint density at radius 3 is 1.13 bits per heavy atom. The van der Waals surface area contributed by atoms with Crippen molar-refractivity contribution < 1.29 is 9.59 Å². The molecular weight excluding hydrogens is 1470 g/mol. The van der Waals surface area contributed by atoms with E-state index in [2.05, 4.69) is 84.7 Å². The monoisotopic (exact) mass is 1580 g/mol. The molecule has 0 spiro atoms. The Balaban J connectivity index is 1.05. The lowest BCUT2D eigenvalue weighted by molar-refractivity contribution is 0.103. The lowest BCUT2D eigenvalue weighted by Gasteiger charge is -2.21. The van der Waals surface area contributed by atoms with Crippen molar-refractivity contribution in [2.75, 3.05) is 0 Å². The van der Waals surface area contributed by atoms with Crippen LogP contribution in [0.15, 0.2) is 108 Å². The summed E-state index contributed by atoms with van der Waals surface area (Å²) < 4.78 is 13.0. The maximum atomic E-state index is 15.4. The van der Waals surface area contributed by atoms with Crippen molar-refractivity contribution in [3.8, 4) is 12.1 Å². The fourth-order valence-electron chi connectivity index (χ4n) is 18.7. The number of carbonyl (C=O) groups excluding carboxylic acids is 2. The number of aryl methyl sites for hydroxylation is 2. The zero-order chi connectivity index (χ0) is 79.2. The Labute approximate surface area is 691 Å². The van der Waals surface area contributed by atoms with Crippen LogP contribution < -0.4 is 0 Å². The minimum Gasteiger partial charge on any atom is -0.337 e. The molecule has 2 atom stereocenters. The van der Waals surface area contributed by atoms with Crippen LogP contribution in [0, 0.1) is 47.6 Å². The van der Waals surface area contributed by atoms with Crippen LogP contribution >= 0.6 is 45.3 Å². The highest BCUT2D eigenvalue weighted by Crippen LogP contribution is 2.57. The van der Waals surface area contributed by atoms with Crippen LogP contribution in [-0.4, -0.2) is 30.7 Å². The summed E-state index contributed by atoms with van der Waals surface area (Å²) in [4.78, 5) is 51.8. The molecular formula is C100H112N8O2S4. The number of ketones is 2. The summed E-state index contributed by atoms with van der Waals surface area (Å²) in [5.74, 6) is 0.455. The summed E-state index contributed by atoms with van der Waals surface area (Å²) in [5, 5.41) is 27.8. The van der Waals surface area contributed by atoms with Crippen molar-refractivity contribution in [2.45, 2.75) is 286 Å². The van der Waals surface area contributed by atoms with Crippen molar-refractivity contribution in [3.05, 3.63) is 174 Å². The van der Waals surface area contributed by atoms with Gasteiger partial charge in [-0.3, -0.25) is 19.6 Å². The van der Waals surface area contributed by atoms with Gasteiger partial charge < -0.3 is 9.13 Å². The number of benzene rings is 5. The van der Waals surface area contributed by atoms with Crippen LogP contribution in [0.2, 0.25) is 0 Å². The smallest absolute Gasteiger partial charge is 0.270 e. The number of carbonyl (C=O) groups is 2. The molecule has 0 saturated carbocycles. The first-order valence-electron chi connectivity index (χ1n) is 43.7. The van der Waals surface area contributed by atoms with E-state index in [0.29, 0.717) is 56.4 Å². The molecule has 0 fully saturated rings. The van der Waals surface area contributed by atoms with Crippen molar-refractivity contribution >= 4 is 174 Å². The SMILES string of the molecule is [C-]#[N+]/C(C#N)=C1\C(=C\c2sc3c(sc4c5c6nccnc6c6c7sc8c(CCCCCCCCCCC)c(/C=C9\C(=O)c%10cc%11ccccc%11cc%10\C9=C(\C#N)[N+]#[C-])sc8c7n(CC(CCCCCC)CCCCCCCC)c6c5n(CC(CC)CCCC)c34)c2CCCCCCCCCCC)C(=O)c2cc3ccccc3cc21. The third kappa shape index (κ3) is 16.7. The molecule has 14 rings (SSSR count). The zero-order valence-corrected chi connectivity index (χ0v) is 71.6. The van der Waals surface area contributed by atoms with Crippen LogP contribution in [0.1, 0.15) is 313 Å². The van der Waals surface area contributed by atoms with Crippen LogP contribution in [0.4, 0.5) is 0 Å². The van der Waals surface area contributed by atoms with Gasteiger partial charge in [0.1, 0.15) is 11.0 Å². The van der Waals surface area contributed by atoms with Gasteiger partial charge in [0.2, 0.25) is 0 Å². The molecule has 5 aromatic carbocycles. The molecule has 0 amide bonds. The van der Waals surface area contributed by atoms with E-state index < -0.39 is 0 Å². The maximum Gasteiger partial charge on any atom is 0.270 e. The van der Waals surface area contributed by atoms with Gasteiger partial charge in [-0.25, -0.2) is 20.2 Å². The normalized spacial score (nSPS) is 15.2. The molecule has 7 heterocycles. The molecule has 7 aromatic heterocycles. The standard InChI is InChI=1S/C100H112N8O2S4/c1-9-15-20-24-27-29-31-34-38-51-71-81(59-77-83(79(61-101)103-7)73-55-67-47-40-42-49-69(67)57-75(73)93(77)109)111-99-91-97(113-95(71)99)85-87-88(106-54-53-105-87)86-90(89(85)107(91)63-65(14-6)44-19-13-5)108(64-66(45-36-23-18-12-4)46-37-33-26-22-17-11-3)92-98(86)114-96-72(52-39-35-32-30-28-25-21-16-10-2)82(112-100(92)96)60-78-84(80(62-102)104-8)74-56-68-48-41-43-50-70(68)58-76(74)94(78)110/h40-43,47-50,53-60,65-66H,9-39,44-46,51-52,63-64H2,1-6H3/b77-59-,78-60-,83-79-,84-80+. The maximum absolute atomic E-state index is 15.4. The summed E-state index contributed by atoms with van der Waals surface area (Å²) in [7, 11) is 0. The predicted molar refractivity (Wildman–Crippen MR) is 488 cm³/mol. The molecule has 2 unspecified atom stereocenters. The fraction of sp³-hybridized carbons (Fsp3) is 0.460. The number of nitriles is 2. The van der Waals surface area contributed by atoms with E-state index in [0.717, 1.165) is 143 Å². The molecule has 0 N–H and O–H groups in total. The lowest BCUT2D eigenvalue weighted by Crippen LogP contribution is -2.13. The summed E-state index contributed by atoms with van der Waals surface area (Å²) in [6, 6.07) is 28.6. The zero-order valence-electron chi connectivity index (χ0n) is 68.3. The van der Waals surface area contributed by atoms with Crippen molar-refractivity contribution in [1.82, 2.24) is 19.1 Å². The van der Waals surface area contributed by atoms with Crippen molar-refractivity contribution in [3.63, 3.8) is 0 Å². The van der Waals surface area contributed by atoms with Gasteiger partial charge in [-0.15, -0.1) is 45.3 Å². The van der Waals surface area contributed by atoms with E-state index in [4.69, 9.17) is 23.1 Å². The van der Waals surface area contributed by atoms with Gasteiger partial charge in [-0.2, -0.15) is 0 Å². The molecule has 12 aromatic rings. The average molecular weight is 1590 g/mol.